The lowest BCUT2D eigenvalue weighted by atomic mass is 9.83. The Morgan fingerprint density at radius 2 is 1.84 bits per heavy atom. The van der Waals surface area contributed by atoms with E-state index in [0.717, 1.165) is 28.9 Å². The molecular weight excluding hydrogens is 236 g/mol. The second-order valence-electron chi connectivity index (χ2n) is 6.05. The van der Waals surface area contributed by atoms with Crippen molar-refractivity contribution in [3.05, 3.63) is 28.8 Å². The van der Waals surface area contributed by atoms with Gasteiger partial charge in [0.2, 0.25) is 0 Å². The van der Waals surface area contributed by atoms with Gasteiger partial charge in [0.25, 0.3) is 0 Å². The quantitative estimate of drug-likeness (QED) is 0.720. The number of carbonyl (C=O) groups is 1. The summed E-state index contributed by atoms with van der Waals surface area (Å²) in [6.07, 6.45) is 1.44. The van der Waals surface area contributed by atoms with Gasteiger partial charge in [-0.05, 0) is 37.3 Å². The molecule has 0 atom stereocenters. The molecule has 0 aliphatic carbocycles. The number of Topliss-reactive ketones (excluding diaryl/α,β-unsaturated/α-hetero) is 1. The van der Waals surface area contributed by atoms with Crippen LogP contribution in [0.5, 0.6) is 5.75 Å². The lowest BCUT2D eigenvalue weighted by molar-refractivity contribution is 0.0977. The molecule has 0 bridgehead atoms. The molecule has 0 aliphatic rings. The van der Waals surface area contributed by atoms with Crippen LogP contribution in [0.15, 0.2) is 12.1 Å². The number of ether oxygens (including phenoxy) is 1. The maximum Gasteiger partial charge on any atom is 0.166 e. The average molecular weight is 262 g/mol. The first kappa shape index (κ1) is 15.7. The van der Waals surface area contributed by atoms with E-state index in [2.05, 4.69) is 26.8 Å². The van der Waals surface area contributed by atoms with Crippen LogP contribution in [-0.2, 0) is 5.41 Å². The fourth-order valence-corrected chi connectivity index (χ4v) is 2.20. The molecule has 0 aromatic heterocycles. The zero-order valence-electron chi connectivity index (χ0n) is 13.1. The monoisotopic (exact) mass is 262 g/mol. The van der Waals surface area contributed by atoms with Crippen LogP contribution < -0.4 is 4.74 Å². The Balaban J connectivity index is 3.44. The van der Waals surface area contributed by atoms with Crippen LogP contribution in [0.4, 0.5) is 0 Å². The Morgan fingerprint density at radius 3 is 2.32 bits per heavy atom. The van der Waals surface area contributed by atoms with Crippen molar-refractivity contribution in [2.45, 2.75) is 59.8 Å². The predicted molar refractivity (Wildman–Crippen MR) is 80.3 cm³/mol. The molecule has 0 radical (unpaired) electrons. The van der Waals surface area contributed by atoms with Crippen molar-refractivity contribution in [2.24, 2.45) is 0 Å². The predicted octanol–water partition coefficient (Wildman–Crippen LogP) is 4.67. The molecule has 1 rings (SSSR count). The fourth-order valence-electron chi connectivity index (χ4n) is 2.20. The highest BCUT2D eigenvalue weighted by Crippen LogP contribution is 2.36. The minimum absolute atomic E-state index is 0.0300. The number of ketones is 1. The molecule has 0 aliphatic heterocycles. The fraction of sp³-hybridized carbons (Fsp3) is 0.588. The number of benzene rings is 1. The van der Waals surface area contributed by atoms with E-state index in [-0.39, 0.29) is 11.2 Å². The number of hydrogen-bond acceptors (Lipinski definition) is 2. The Hall–Kier alpha value is -1.31. The highest BCUT2D eigenvalue weighted by atomic mass is 16.5. The summed E-state index contributed by atoms with van der Waals surface area (Å²) in [4.78, 5) is 12.3. The first-order valence-electron chi connectivity index (χ1n) is 7.12. The van der Waals surface area contributed by atoms with Gasteiger partial charge in [-0.2, -0.15) is 0 Å². The van der Waals surface area contributed by atoms with Gasteiger partial charge >= 0.3 is 0 Å². The molecule has 0 saturated carbocycles. The van der Waals surface area contributed by atoms with E-state index in [0.29, 0.717) is 13.0 Å². The second kappa shape index (κ2) is 6.23. The summed E-state index contributed by atoms with van der Waals surface area (Å²) in [5.41, 5.74) is 2.95. The van der Waals surface area contributed by atoms with Crippen molar-refractivity contribution < 1.29 is 9.53 Å². The Morgan fingerprint density at radius 1 is 1.21 bits per heavy atom. The molecule has 106 valence electrons. The van der Waals surface area contributed by atoms with E-state index in [1.165, 1.54) is 0 Å². The van der Waals surface area contributed by atoms with Crippen molar-refractivity contribution in [3.8, 4) is 5.75 Å². The summed E-state index contributed by atoms with van der Waals surface area (Å²) >= 11 is 0. The van der Waals surface area contributed by atoms with Gasteiger partial charge in [0, 0.05) is 12.0 Å². The van der Waals surface area contributed by atoms with E-state index in [9.17, 15) is 4.79 Å². The third-order valence-electron chi connectivity index (χ3n) is 3.11. The Bertz CT molecular complexity index is 453. The number of hydrogen-bond donors (Lipinski definition) is 0. The topological polar surface area (TPSA) is 26.3 Å². The standard InChI is InChI=1S/C17H26O2/c1-7-9-15(18)13-10-12(3)11-14(17(4,5)6)16(13)19-8-2/h10-11H,7-9H2,1-6H3. The van der Waals surface area contributed by atoms with E-state index >= 15 is 0 Å². The maximum absolute atomic E-state index is 12.3. The maximum atomic E-state index is 12.3. The van der Waals surface area contributed by atoms with Crippen molar-refractivity contribution in [1.82, 2.24) is 0 Å². The van der Waals surface area contributed by atoms with Crippen LogP contribution >= 0.6 is 0 Å². The first-order valence-corrected chi connectivity index (χ1v) is 7.12. The molecule has 1 aromatic rings. The SMILES string of the molecule is CCCC(=O)c1cc(C)cc(C(C)(C)C)c1OCC. The largest absolute Gasteiger partial charge is 0.493 e. The van der Waals surface area contributed by atoms with Crippen LogP contribution in [0.1, 0.15) is 68.9 Å². The minimum atomic E-state index is -0.0300. The molecule has 0 N–H and O–H groups in total. The van der Waals surface area contributed by atoms with Gasteiger partial charge in [-0.15, -0.1) is 0 Å². The summed E-state index contributed by atoms with van der Waals surface area (Å²) in [5, 5.41) is 0. The summed E-state index contributed by atoms with van der Waals surface area (Å²) < 4.78 is 5.80. The molecule has 2 nitrogen and oxygen atoms in total. The van der Waals surface area contributed by atoms with Gasteiger partial charge in [-0.25, -0.2) is 0 Å². The number of carbonyl (C=O) groups excluding carboxylic acids is 1. The van der Waals surface area contributed by atoms with E-state index in [1.807, 2.05) is 26.8 Å². The van der Waals surface area contributed by atoms with Crippen LogP contribution in [-0.4, -0.2) is 12.4 Å². The van der Waals surface area contributed by atoms with Crippen molar-refractivity contribution in [1.29, 1.82) is 0 Å². The van der Waals surface area contributed by atoms with E-state index in [1.54, 1.807) is 0 Å². The van der Waals surface area contributed by atoms with Gasteiger partial charge in [-0.1, -0.05) is 33.8 Å². The van der Waals surface area contributed by atoms with E-state index in [4.69, 9.17) is 4.74 Å². The molecule has 2 heteroatoms. The van der Waals surface area contributed by atoms with E-state index < -0.39 is 0 Å². The van der Waals surface area contributed by atoms with Crippen molar-refractivity contribution >= 4 is 5.78 Å². The van der Waals surface area contributed by atoms with Gasteiger partial charge in [0.15, 0.2) is 5.78 Å². The normalized spacial score (nSPS) is 11.5. The number of rotatable bonds is 5. The first-order chi connectivity index (χ1) is 8.81. The molecule has 0 saturated heterocycles. The summed E-state index contributed by atoms with van der Waals surface area (Å²) in [6.45, 7) is 13.1. The van der Waals surface area contributed by atoms with Gasteiger partial charge < -0.3 is 4.74 Å². The highest BCUT2D eigenvalue weighted by Gasteiger charge is 2.24. The molecule has 0 unspecified atom stereocenters. The van der Waals surface area contributed by atoms with Crippen LogP contribution in [0, 0.1) is 6.92 Å². The highest BCUT2D eigenvalue weighted by molar-refractivity contribution is 5.99. The van der Waals surface area contributed by atoms with Crippen LogP contribution in [0.3, 0.4) is 0 Å². The van der Waals surface area contributed by atoms with Crippen LogP contribution in [0.2, 0.25) is 0 Å². The molecular formula is C17H26O2. The molecule has 0 heterocycles. The van der Waals surface area contributed by atoms with Gasteiger partial charge in [-0.3, -0.25) is 4.79 Å². The van der Waals surface area contributed by atoms with Crippen molar-refractivity contribution in [2.75, 3.05) is 6.61 Å². The summed E-state index contributed by atoms with van der Waals surface area (Å²) in [6, 6.07) is 4.09. The minimum Gasteiger partial charge on any atom is -0.493 e. The Kier molecular flexibility index (Phi) is 5.16. The summed E-state index contributed by atoms with van der Waals surface area (Å²) in [7, 11) is 0. The lowest BCUT2D eigenvalue weighted by Gasteiger charge is -2.25. The lowest BCUT2D eigenvalue weighted by Crippen LogP contribution is -2.16. The zero-order valence-corrected chi connectivity index (χ0v) is 13.1. The second-order valence-corrected chi connectivity index (χ2v) is 6.05. The third kappa shape index (κ3) is 3.82. The smallest absolute Gasteiger partial charge is 0.166 e. The van der Waals surface area contributed by atoms with Crippen LogP contribution in [0.25, 0.3) is 0 Å². The summed E-state index contributed by atoms with van der Waals surface area (Å²) in [5.74, 6) is 0.958. The van der Waals surface area contributed by atoms with Gasteiger partial charge in [0.05, 0.1) is 12.2 Å². The van der Waals surface area contributed by atoms with Crippen molar-refractivity contribution in [3.63, 3.8) is 0 Å². The zero-order chi connectivity index (χ0) is 14.6. The molecule has 0 amide bonds. The van der Waals surface area contributed by atoms with Gasteiger partial charge in [0.1, 0.15) is 5.75 Å². The average Bonchev–Trinajstić information content (AvgIpc) is 2.30. The number of aryl methyl sites for hydroxylation is 1. The molecule has 19 heavy (non-hydrogen) atoms. The molecule has 1 aromatic carbocycles. The molecule has 0 spiro atoms. The Labute approximate surface area is 117 Å². The molecule has 0 fully saturated rings. The third-order valence-corrected chi connectivity index (χ3v) is 3.11.